The van der Waals surface area contributed by atoms with Crippen molar-refractivity contribution < 1.29 is 4.39 Å². The Morgan fingerprint density at radius 3 is 2.75 bits per heavy atom. The highest BCUT2D eigenvalue weighted by Crippen LogP contribution is 2.07. The van der Waals surface area contributed by atoms with Crippen molar-refractivity contribution in [2.75, 3.05) is 0 Å². The molecule has 4 heteroatoms. The monoisotopic (exact) mass is 171 g/mol. The van der Waals surface area contributed by atoms with Gasteiger partial charge in [-0.15, -0.1) is 0 Å². The molecule has 0 saturated heterocycles. The summed E-state index contributed by atoms with van der Waals surface area (Å²) in [4.78, 5) is 0. The van der Waals surface area contributed by atoms with E-state index < -0.39 is 5.95 Å². The second-order valence-corrected chi connectivity index (χ2v) is 2.75. The second kappa shape index (κ2) is 4.18. The van der Waals surface area contributed by atoms with Crippen molar-refractivity contribution in [1.29, 1.82) is 0 Å². The first-order valence-corrected chi connectivity index (χ1v) is 4.37. The van der Waals surface area contributed by atoms with E-state index in [2.05, 4.69) is 17.2 Å². The van der Waals surface area contributed by atoms with E-state index in [4.69, 9.17) is 0 Å². The minimum Gasteiger partial charge on any atom is -0.247 e. The number of unbranched alkanes of at least 4 members (excludes halogenated alkanes) is 1. The summed E-state index contributed by atoms with van der Waals surface area (Å²) in [6.45, 7) is 4.71. The average Bonchev–Trinajstić information content (AvgIpc) is 2.43. The zero-order valence-electron chi connectivity index (χ0n) is 7.55. The molecule has 1 heterocycles. The fourth-order valence-electron chi connectivity index (χ4n) is 1.14. The van der Waals surface area contributed by atoms with Crippen LogP contribution in [0.2, 0.25) is 0 Å². The lowest BCUT2D eigenvalue weighted by molar-refractivity contribution is 0.555. The number of aromatic nitrogens is 3. The molecule has 1 rings (SSSR count). The first-order valence-electron chi connectivity index (χ1n) is 4.37. The molecule has 0 bridgehead atoms. The van der Waals surface area contributed by atoms with Crippen molar-refractivity contribution >= 4 is 0 Å². The van der Waals surface area contributed by atoms with Gasteiger partial charge in [0, 0.05) is 6.54 Å². The molecule has 3 nitrogen and oxygen atoms in total. The van der Waals surface area contributed by atoms with Gasteiger partial charge in [-0.2, -0.15) is 4.39 Å². The van der Waals surface area contributed by atoms with Gasteiger partial charge in [0.25, 0.3) is 5.95 Å². The molecule has 0 saturated carbocycles. The van der Waals surface area contributed by atoms with Crippen LogP contribution in [0.5, 0.6) is 0 Å². The normalized spacial score (nSPS) is 10.6. The second-order valence-electron chi connectivity index (χ2n) is 2.75. The van der Waals surface area contributed by atoms with E-state index in [9.17, 15) is 4.39 Å². The Bertz CT molecular complexity index is 244. The maximum absolute atomic E-state index is 12.9. The highest BCUT2D eigenvalue weighted by Gasteiger charge is 2.09. The van der Waals surface area contributed by atoms with Gasteiger partial charge in [-0.3, -0.25) is 0 Å². The van der Waals surface area contributed by atoms with Gasteiger partial charge >= 0.3 is 0 Å². The summed E-state index contributed by atoms with van der Waals surface area (Å²) in [5, 5.41) is 7.07. The van der Waals surface area contributed by atoms with E-state index in [1.807, 2.05) is 6.92 Å². The fraction of sp³-hybridized carbons (Fsp3) is 0.750. The van der Waals surface area contributed by atoms with Crippen LogP contribution in [0.15, 0.2) is 0 Å². The SMILES string of the molecule is CCCCc1c(F)nnn1CC. The number of aryl methyl sites for hydroxylation is 1. The topological polar surface area (TPSA) is 30.7 Å². The molecule has 0 unspecified atom stereocenters. The smallest absolute Gasteiger partial charge is 0.247 e. The van der Waals surface area contributed by atoms with Crippen LogP contribution in [0, 0.1) is 5.95 Å². The molecular weight excluding hydrogens is 157 g/mol. The first kappa shape index (κ1) is 9.16. The molecule has 68 valence electrons. The van der Waals surface area contributed by atoms with Crippen LogP contribution in [-0.2, 0) is 13.0 Å². The van der Waals surface area contributed by atoms with E-state index in [0.717, 1.165) is 19.3 Å². The van der Waals surface area contributed by atoms with Gasteiger partial charge in [-0.05, 0) is 19.8 Å². The summed E-state index contributed by atoms with van der Waals surface area (Å²) in [6.07, 6.45) is 2.79. The largest absolute Gasteiger partial charge is 0.255 e. The van der Waals surface area contributed by atoms with Crippen LogP contribution in [0.4, 0.5) is 4.39 Å². The molecule has 0 fully saturated rings. The zero-order valence-corrected chi connectivity index (χ0v) is 7.55. The summed E-state index contributed by atoms with van der Waals surface area (Å²) >= 11 is 0. The Labute approximate surface area is 71.6 Å². The Kier molecular flexibility index (Phi) is 3.19. The molecule has 12 heavy (non-hydrogen) atoms. The molecule has 0 spiro atoms. The van der Waals surface area contributed by atoms with Crippen LogP contribution in [0.3, 0.4) is 0 Å². The Morgan fingerprint density at radius 2 is 2.17 bits per heavy atom. The number of hydrogen-bond donors (Lipinski definition) is 0. The molecule has 1 aromatic heterocycles. The summed E-state index contributed by atoms with van der Waals surface area (Å²) < 4.78 is 14.5. The van der Waals surface area contributed by atoms with Crippen LogP contribution in [0.25, 0.3) is 0 Å². The van der Waals surface area contributed by atoms with Gasteiger partial charge in [0.15, 0.2) is 0 Å². The molecule has 0 amide bonds. The van der Waals surface area contributed by atoms with E-state index in [-0.39, 0.29) is 0 Å². The van der Waals surface area contributed by atoms with Crippen molar-refractivity contribution in [2.45, 2.75) is 39.7 Å². The molecule has 0 radical (unpaired) electrons. The highest BCUT2D eigenvalue weighted by atomic mass is 19.1. The molecule has 0 aromatic carbocycles. The number of hydrogen-bond acceptors (Lipinski definition) is 2. The van der Waals surface area contributed by atoms with Crippen molar-refractivity contribution in [3.63, 3.8) is 0 Å². The third-order valence-electron chi connectivity index (χ3n) is 1.86. The maximum Gasteiger partial charge on any atom is 0.255 e. The molecule has 0 aliphatic carbocycles. The molecule has 0 aliphatic rings. The van der Waals surface area contributed by atoms with Crippen molar-refractivity contribution in [3.05, 3.63) is 11.6 Å². The lowest BCUT2D eigenvalue weighted by Crippen LogP contribution is -2.03. The zero-order chi connectivity index (χ0) is 8.97. The predicted octanol–water partition coefficient (Wildman–Crippen LogP) is 1.78. The van der Waals surface area contributed by atoms with Gasteiger partial charge in [0.2, 0.25) is 0 Å². The van der Waals surface area contributed by atoms with Crippen molar-refractivity contribution in [2.24, 2.45) is 0 Å². The van der Waals surface area contributed by atoms with Crippen LogP contribution in [-0.4, -0.2) is 15.0 Å². The maximum atomic E-state index is 12.9. The van der Waals surface area contributed by atoms with Crippen molar-refractivity contribution in [3.8, 4) is 0 Å². The molecular formula is C8H14FN3. The predicted molar refractivity (Wildman–Crippen MR) is 44.3 cm³/mol. The number of rotatable bonds is 4. The van der Waals surface area contributed by atoms with Crippen molar-refractivity contribution in [1.82, 2.24) is 15.0 Å². The van der Waals surface area contributed by atoms with Gasteiger partial charge in [0.1, 0.15) is 0 Å². The standard InChI is InChI=1S/C8H14FN3/c1-3-5-6-7-8(9)10-11-12(7)4-2/h3-6H2,1-2H3. The van der Waals surface area contributed by atoms with Gasteiger partial charge < -0.3 is 0 Å². The van der Waals surface area contributed by atoms with Gasteiger partial charge in [-0.25, -0.2) is 4.68 Å². The lowest BCUT2D eigenvalue weighted by Gasteiger charge is -2.00. The first-order chi connectivity index (χ1) is 5.79. The average molecular weight is 171 g/mol. The quantitative estimate of drug-likeness (QED) is 0.691. The molecule has 0 aliphatic heterocycles. The summed E-state index contributed by atoms with van der Waals surface area (Å²) in [5.74, 6) is -0.412. The van der Waals surface area contributed by atoms with E-state index in [1.165, 1.54) is 0 Å². The molecule has 1 aromatic rings. The molecule has 0 atom stereocenters. The summed E-state index contributed by atoms with van der Waals surface area (Å²) in [5.41, 5.74) is 0.638. The van der Waals surface area contributed by atoms with Gasteiger partial charge in [-0.1, -0.05) is 23.7 Å². The van der Waals surface area contributed by atoms with E-state index >= 15 is 0 Å². The Balaban J connectivity index is 2.72. The Hall–Kier alpha value is -0.930. The summed E-state index contributed by atoms with van der Waals surface area (Å²) in [7, 11) is 0. The fourth-order valence-corrected chi connectivity index (χ4v) is 1.14. The lowest BCUT2D eigenvalue weighted by atomic mass is 10.2. The minimum absolute atomic E-state index is 0.412. The van der Waals surface area contributed by atoms with Gasteiger partial charge in [0.05, 0.1) is 5.69 Å². The third kappa shape index (κ3) is 1.81. The van der Waals surface area contributed by atoms with Crippen LogP contribution >= 0.6 is 0 Å². The number of halogens is 1. The highest BCUT2D eigenvalue weighted by molar-refractivity contribution is 4.97. The van der Waals surface area contributed by atoms with E-state index in [0.29, 0.717) is 12.2 Å². The molecule has 0 N–H and O–H groups in total. The minimum atomic E-state index is -0.412. The Morgan fingerprint density at radius 1 is 1.42 bits per heavy atom. The van der Waals surface area contributed by atoms with Crippen LogP contribution in [0.1, 0.15) is 32.4 Å². The number of nitrogens with zero attached hydrogens (tertiary/aromatic N) is 3. The summed E-state index contributed by atoms with van der Waals surface area (Å²) in [6, 6.07) is 0. The third-order valence-corrected chi connectivity index (χ3v) is 1.86. The van der Waals surface area contributed by atoms with Crippen LogP contribution < -0.4 is 0 Å². The van der Waals surface area contributed by atoms with E-state index in [1.54, 1.807) is 4.68 Å².